The summed E-state index contributed by atoms with van der Waals surface area (Å²) in [4.78, 5) is 17.5. The van der Waals surface area contributed by atoms with Gasteiger partial charge in [0.05, 0.1) is 30.1 Å². The monoisotopic (exact) mass is 252 g/mol. The van der Waals surface area contributed by atoms with E-state index in [4.69, 9.17) is 16.2 Å². The number of methoxy groups -OCH3 is 1. The van der Waals surface area contributed by atoms with Crippen LogP contribution < -0.4 is 16.4 Å². The first-order chi connectivity index (χ1) is 8.51. The van der Waals surface area contributed by atoms with Gasteiger partial charge in [-0.1, -0.05) is 0 Å². The molecule has 0 spiro atoms. The molecule has 1 rings (SSSR count). The highest BCUT2D eigenvalue weighted by molar-refractivity contribution is 5.98. The third kappa shape index (κ3) is 3.10. The molecule has 1 heterocycles. The van der Waals surface area contributed by atoms with Crippen molar-refractivity contribution in [3.8, 4) is 0 Å². The van der Waals surface area contributed by atoms with Crippen molar-refractivity contribution < 1.29 is 9.53 Å². The molecule has 0 aliphatic heterocycles. The zero-order valence-electron chi connectivity index (χ0n) is 11.0. The number of aromatic nitrogens is 1. The second-order valence-electron chi connectivity index (χ2n) is 4.08. The van der Waals surface area contributed by atoms with Crippen LogP contribution in [0, 0.1) is 0 Å². The molecule has 4 N–H and O–H groups in total. The van der Waals surface area contributed by atoms with Gasteiger partial charge in [-0.3, -0.25) is 4.79 Å². The van der Waals surface area contributed by atoms with Gasteiger partial charge in [0.1, 0.15) is 5.82 Å². The number of carbonyl (C=O) groups is 1. The lowest BCUT2D eigenvalue weighted by atomic mass is 10.2. The van der Waals surface area contributed by atoms with Crippen molar-refractivity contribution in [3.63, 3.8) is 0 Å². The SMILES string of the molecule is CCN(c1cc(C(N)=O)c(N)cn1)C(C)COC. The predicted molar refractivity (Wildman–Crippen MR) is 71.5 cm³/mol. The molecule has 0 radical (unpaired) electrons. The molecule has 0 aliphatic rings. The predicted octanol–water partition coefficient (Wildman–Crippen LogP) is 0.624. The number of primary amides is 1. The maximum Gasteiger partial charge on any atom is 0.250 e. The number of nitrogen functional groups attached to an aromatic ring is 1. The summed E-state index contributed by atoms with van der Waals surface area (Å²) >= 11 is 0. The number of pyridine rings is 1. The topological polar surface area (TPSA) is 94.5 Å². The Morgan fingerprint density at radius 2 is 2.28 bits per heavy atom. The highest BCUT2D eigenvalue weighted by atomic mass is 16.5. The van der Waals surface area contributed by atoms with Crippen LogP contribution in [-0.2, 0) is 4.74 Å². The Bertz CT molecular complexity index is 423. The summed E-state index contributed by atoms with van der Waals surface area (Å²) in [7, 11) is 1.65. The van der Waals surface area contributed by atoms with Gasteiger partial charge in [-0.25, -0.2) is 4.98 Å². The number of ether oxygens (including phenoxy) is 1. The summed E-state index contributed by atoms with van der Waals surface area (Å²) in [5.41, 5.74) is 11.5. The molecule has 0 aromatic carbocycles. The van der Waals surface area contributed by atoms with Crippen molar-refractivity contribution in [2.75, 3.05) is 30.9 Å². The van der Waals surface area contributed by atoms with Crippen LogP contribution in [0.1, 0.15) is 24.2 Å². The van der Waals surface area contributed by atoms with E-state index in [0.717, 1.165) is 6.54 Å². The van der Waals surface area contributed by atoms with E-state index in [9.17, 15) is 4.79 Å². The molecule has 0 fully saturated rings. The summed E-state index contributed by atoms with van der Waals surface area (Å²) in [6.07, 6.45) is 1.46. The van der Waals surface area contributed by atoms with E-state index in [1.165, 1.54) is 6.20 Å². The Morgan fingerprint density at radius 3 is 2.78 bits per heavy atom. The highest BCUT2D eigenvalue weighted by Gasteiger charge is 2.16. The number of hydrogen-bond acceptors (Lipinski definition) is 5. The van der Waals surface area contributed by atoms with Crippen LogP contribution in [0.5, 0.6) is 0 Å². The number of anilines is 2. The molecular formula is C12H20N4O2. The summed E-state index contributed by atoms with van der Waals surface area (Å²) in [6.45, 7) is 5.36. The molecule has 1 atom stereocenters. The first kappa shape index (κ1) is 14.2. The van der Waals surface area contributed by atoms with Crippen molar-refractivity contribution in [1.29, 1.82) is 0 Å². The van der Waals surface area contributed by atoms with Crippen molar-refractivity contribution >= 4 is 17.4 Å². The number of amides is 1. The van der Waals surface area contributed by atoms with Crippen LogP contribution >= 0.6 is 0 Å². The largest absolute Gasteiger partial charge is 0.397 e. The number of likely N-dealkylation sites (N-methyl/N-ethyl adjacent to an activating group) is 1. The molecule has 0 aliphatic carbocycles. The minimum absolute atomic E-state index is 0.150. The van der Waals surface area contributed by atoms with E-state index >= 15 is 0 Å². The molecule has 0 saturated carbocycles. The molecule has 6 heteroatoms. The third-order valence-electron chi connectivity index (χ3n) is 2.76. The summed E-state index contributed by atoms with van der Waals surface area (Å²) in [6, 6.07) is 1.77. The van der Waals surface area contributed by atoms with Gasteiger partial charge in [0, 0.05) is 13.7 Å². The minimum atomic E-state index is -0.549. The number of nitrogens with zero attached hydrogens (tertiary/aromatic N) is 2. The molecule has 100 valence electrons. The Kier molecular flexibility index (Phi) is 4.91. The van der Waals surface area contributed by atoms with E-state index in [1.54, 1.807) is 13.2 Å². The normalized spacial score (nSPS) is 12.2. The lowest BCUT2D eigenvalue weighted by molar-refractivity contribution is 0.100. The fourth-order valence-corrected chi connectivity index (χ4v) is 1.86. The molecule has 1 amide bonds. The van der Waals surface area contributed by atoms with Crippen molar-refractivity contribution in [3.05, 3.63) is 17.8 Å². The van der Waals surface area contributed by atoms with E-state index in [2.05, 4.69) is 4.98 Å². The highest BCUT2D eigenvalue weighted by Crippen LogP contribution is 2.19. The van der Waals surface area contributed by atoms with Gasteiger partial charge in [0.2, 0.25) is 0 Å². The average Bonchev–Trinajstić information content (AvgIpc) is 2.32. The first-order valence-electron chi connectivity index (χ1n) is 5.82. The zero-order chi connectivity index (χ0) is 13.7. The number of nitrogens with two attached hydrogens (primary N) is 2. The second-order valence-corrected chi connectivity index (χ2v) is 4.08. The molecule has 1 aromatic heterocycles. The Balaban J connectivity index is 3.07. The van der Waals surface area contributed by atoms with Crippen molar-refractivity contribution in [2.45, 2.75) is 19.9 Å². The minimum Gasteiger partial charge on any atom is -0.397 e. The molecule has 1 aromatic rings. The van der Waals surface area contributed by atoms with Crippen molar-refractivity contribution in [1.82, 2.24) is 4.98 Å². The van der Waals surface area contributed by atoms with E-state index < -0.39 is 5.91 Å². The lowest BCUT2D eigenvalue weighted by Crippen LogP contribution is -2.37. The lowest BCUT2D eigenvalue weighted by Gasteiger charge is -2.28. The number of hydrogen-bond donors (Lipinski definition) is 2. The van der Waals surface area contributed by atoms with Gasteiger partial charge < -0.3 is 21.1 Å². The third-order valence-corrected chi connectivity index (χ3v) is 2.76. The van der Waals surface area contributed by atoms with Gasteiger partial charge in [-0.2, -0.15) is 0 Å². The van der Waals surface area contributed by atoms with E-state index in [0.29, 0.717) is 23.7 Å². The molecule has 6 nitrogen and oxygen atoms in total. The number of carbonyl (C=O) groups excluding carboxylic acids is 1. The quantitative estimate of drug-likeness (QED) is 0.774. The van der Waals surface area contributed by atoms with Crippen LogP contribution in [0.4, 0.5) is 11.5 Å². The Hall–Kier alpha value is -1.82. The van der Waals surface area contributed by atoms with Gasteiger partial charge in [-0.15, -0.1) is 0 Å². The first-order valence-corrected chi connectivity index (χ1v) is 5.82. The average molecular weight is 252 g/mol. The molecule has 0 bridgehead atoms. The van der Waals surface area contributed by atoms with Crippen LogP contribution in [0.25, 0.3) is 0 Å². The van der Waals surface area contributed by atoms with E-state index in [1.807, 2.05) is 18.7 Å². The summed E-state index contributed by atoms with van der Waals surface area (Å²) in [5, 5.41) is 0. The van der Waals surface area contributed by atoms with Gasteiger partial charge in [0.15, 0.2) is 0 Å². The maximum absolute atomic E-state index is 11.3. The molecular weight excluding hydrogens is 232 g/mol. The Morgan fingerprint density at radius 1 is 1.61 bits per heavy atom. The van der Waals surface area contributed by atoms with Crippen LogP contribution in [0.3, 0.4) is 0 Å². The van der Waals surface area contributed by atoms with Crippen molar-refractivity contribution in [2.24, 2.45) is 5.73 Å². The molecule has 1 unspecified atom stereocenters. The number of rotatable bonds is 6. The standard InChI is InChI=1S/C12H20N4O2/c1-4-16(8(2)7-18-3)11-5-9(12(14)17)10(13)6-15-11/h5-6,8H,4,7,13H2,1-3H3,(H2,14,17). The van der Waals surface area contributed by atoms with Gasteiger partial charge in [0.25, 0.3) is 5.91 Å². The fourth-order valence-electron chi connectivity index (χ4n) is 1.86. The Labute approximate surface area is 107 Å². The molecule has 18 heavy (non-hydrogen) atoms. The maximum atomic E-state index is 11.3. The summed E-state index contributed by atoms with van der Waals surface area (Å²) < 4.78 is 5.12. The smallest absolute Gasteiger partial charge is 0.250 e. The zero-order valence-corrected chi connectivity index (χ0v) is 11.0. The van der Waals surface area contributed by atoms with Gasteiger partial charge in [-0.05, 0) is 19.9 Å². The van der Waals surface area contributed by atoms with Crippen LogP contribution in [0.15, 0.2) is 12.3 Å². The van der Waals surface area contributed by atoms with Crippen LogP contribution in [-0.4, -0.2) is 37.2 Å². The second kappa shape index (κ2) is 6.20. The fraction of sp³-hybridized carbons (Fsp3) is 0.500. The summed E-state index contributed by atoms with van der Waals surface area (Å²) in [5.74, 6) is 0.122. The van der Waals surface area contributed by atoms with E-state index in [-0.39, 0.29) is 6.04 Å². The van der Waals surface area contributed by atoms with Gasteiger partial charge >= 0.3 is 0 Å². The van der Waals surface area contributed by atoms with Crippen LogP contribution in [0.2, 0.25) is 0 Å². The molecule has 0 saturated heterocycles.